The molecule has 27 heavy (non-hydrogen) atoms. The first kappa shape index (κ1) is 18.6. The average Bonchev–Trinajstić information content (AvgIpc) is 3.08. The maximum absolute atomic E-state index is 12.8. The summed E-state index contributed by atoms with van der Waals surface area (Å²) in [6.07, 6.45) is 5.28. The van der Waals surface area contributed by atoms with Crippen LogP contribution in [-0.4, -0.2) is 51.5 Å². The van der Waals surface area contributed by atoms with Gasteiger partial charge in [0, 0.05) is 46.3 Å². The monoisotopic (exact) mass is 364 g/mol. The highest BCUT2D eigenvalue weighted by Gasteiger charge is 2.18. The van der Waals surface area contributed by atoms with Crippen LogP contribution < -0.4 is 4.90 Å². The zero-order valence-electron chi connectivity index (χ0n) is 16.1. The zero-order chi connectivity index (χ0) is 19.4. The predicted octanol–water partition coefficient (Wildman–Crippen LogP) is 2.37. The number of hydrogen-bond acceptors (Lipinski definition) is 5. The Hall–Kier alpha value is -3.22. The number of carbonyl (C=O) groups excluding carboxylic acids is 1. The zero-order valence-corrected chi connectivity index (χ0v) is 16.1. The Morgan fingerprint density at radius 1 is 1.11 bits per heavy atom. The van der Waals surface area contributed by atoms with E-state index in [4.69, 9.17) is 0 Å². The maximum Gasteiger partial charge on any atom is 0.257 e. The first-order valence-electron chi connectivity index (χ1n) is 8.76. The molecule has 7 heteroatoms. The largest absolute Gasteiger partial charge is 0.347 e. The summed E-state index contributed by atoms with van der Waals surface area (Å²) in [5.41, 5.74) is 2.36. The van der Waals surface area contributed by atoms with E-state index in [0.29, 0.717) is 23.8 Å². The molecule has 0 saturated heterocycles. The van der Waals surface area contributed by atoms with Gasteiger partial charge in [0.25, 0.3) is 5.91 Å². The highest BCUT2D eigenvalue weighted by molar-refractivity contribution is 5.94. The normalized spacial score (nSPS) is 10.7. The van der Waals surface area contributed by atoms with E-state index in [9.17, 15) is 4.79 Å². The molecular weight excluding hydrogens is 340 g/mol. The summed E-state index contributed by atoms with van der Waals surface area (Å²) in [4.78, 5) is 29.4. The average molecular weight is 364 g/mol. The summed E-state index contributed by atoms with van der Waals surface area (Å²) in [7, 11) is 5.51. The van der Waals surface area contributed by atoms with Crippen LogP contribution in [-0.2, 0) is 13.1 Å². The van der Waals surface area contributed by atoms with Gasteiger partial charge in [-0.3, -0.25) is 4.79 Å². The molecule has 0 radical (unpaired) electrons. The molecule has 2 heterocycles. The fourth-order valence-electron chi connectivity index (χ4n) is 2.79. The molecule has 0 atom stereocenters. The van der Waals surface area contributed by atoms with E-state index in [1.807, 2.05) is 50.3 Å². The van der Waals surface area contributed by atoms with Crippen LogP contribution in [0.15, 0.2) is 48.9 Å². The van der Waals surface area contributed by atoms with Crippen molar-refractivity contribution in [3.63, 3.8) is 0 Å². The highest BCUT2D eigenvalue weighted by atomic mass is 16.2. The summed E-state index contributed by atoms with van der Waals surface area (Å²) in [5.74, 6) is 1.30. The second-order valence-corrected chi connectivity index (χ2v) is 6.68. The van der Waals surface area contributed by atoms with Crippen LogP contribution in [0.3, 0.4) is 0 Å². The molecule has 140 valence electrons. The van der Waals surface area contributed by atoms with Gasteiger partial charge in [-0.2, -0.15) is 0 Å². The molecule has 1 aromatic carbocycles. The number of imidazole rings is 1. The van der Waals surface area contributed by atoms with Gasteiger partial charge in [-0.05, 0) is 12.5 Å². The summed E-state index contributed by atoms with van der Waals surface area (Å²) >= 11 is 0. The number of aromatic nitrogens is 4. The SMILES string of the molecule is Cc1nc(N(C)C)ncc1C(=O)N(C)Cc1nccn1Cc1ccccc1. The summed E-state index contributed by atoms with van der Waals surface area (Å²) in [6.45, 7) is 2.96. The number of benzene rings is 1. The first-order chi connectivity index (χ1) is 13.0. The lowest BCUT2D eigenvalue weighted by atomic mass is 10.2. The number of hydrogen-bond donors (Lipinski definition) is 0. The van der Waals surface area contributed by atoms with Gasteiger partial charge < -0.3 is 14.4 Å². The van der Waals surface area contributed by atoms with Crippen molar-refractivity contribution in [1.82, 2.24) is 24.4 Å². The molecule has 3 aromatic rings. The number of rotatable bonds is 6. The molecule has 0 bridgehead atoms. The van der Waals surface area contributed by atoms with Crippen LogP contribution in [0.25, 0.3) is 0 Å². The van der Waals surface area contributed by atoms with Gasteiger partial charge in [0.15, 0.2) is 0 Å². The standard InChI is InChI=1S/C20H24N6O/c1-15-17(12-22-20(23-15)24(2)3)19(27)25(4)14-18-21-10-11-26(18)13-16-8-6-5-7-9-16/h5-12H,13-14H2,1-4H3. The van der Waals surface area contributed by atoms with Crippen molar-refractivity contribution in [3.05, 3.63) is 71.6 Å². The maximum atomic E-state index is 12.8. The van der Waals surface area contributed by atoms with E-state index < -0.39 is 0 Å². The number of carbonyl (C=O) groups is 1. The van der Waals surface area contributed by atoms with Crippen molar-refractivity contribution < 1.29 is 4.79 Å². The molecule has 0 aliphatic carbocycles. The molecule has 0 fully saturated rings. The van der Waals surface area contributed by atoms with Crippen LogP contribution in [0.4, 0.5) is 5.95 Å². The third-order valence-electron chi connectivity index (χ3n) is 4.32. The molecular formula is C20H24N6O. The second-order valence-electron chi connectivity index (χ2n) is 6.68. The Morgan fingerprint density at radius 3 is 2.52 bits per heavy atom. The third kappa shape index (κ3) is 4.31. The summed E-state index contributed by atoms with van der Waals surface area (Å²) in [6, 6.07) is 10.2. The van der Waals surface area contributed by atoms with Crippen molar-refractivity contribution in [3.8, 4) is 0 Å². The second kappa shape index (κ2) is 7.99. The lowest BCUT2D eigenvalue weighted by molar-refractivity contribution is 0.0778. The van der Waals surface area contributed by atoms with Gasteiger partial charge >= 0.3 is 0 Å². The Morgan fingerprint density at radius 2 is 1.85 bits per heavy atom. The molecule has 0 N–H and O–H groups in total. The van der Waals surface area contributed by atoms with Gasteiger partial charge in [-0.15, -0.1) is 0 Å². The first-order valence-corrected chi connectivity index (χ1v) is 8.76. The Bertz CT molecular complexity index is 919. The van der Waals surface area contributed by atoms with E-state index in [-0.39, 0.29) is 5.91 Å². The Kier molecular flexibility index (Phi) is 5.49. The van der Waals surface area contributed by atoms with Crippen molar-refractivity contribution >= 4 is 11.9 Å². The number of nitrogens with zero attached hydrogens (tertiary/aromatic N) is 6. The summed E-state index contributed by atoms with van der Waals surface area (Å²) < 4.78 is 2.05. The van der Waals surface area contributed by atoms with E-state index in [1.165, 1.54) is 5.56 Å². The van der Waals surface area contributed by atoms with Crippen LogP contribution in [0, 0.1) is 6.92 Å². The van der Waals surface area contributed by atoms with Crippen molar-refractivity contribution in [2.24, 2.45) is 0 Å². The van der Waals surface area contributed by atoms with Crippen LogP contribution in [0.1, 0.15) is 27.4 Å². The minimum Gasteiger partial charge on any atom is -0.347 e. The molecule has 0 aliphatic heterocycles. The number of anilines is 1. The topological polar surface area (TPSA) is 67.2 Å². The van der Waals surface area contributed by atoms with E-state index in [1.54, 1.807) is 24.3 Å². The van der Waals surface area contributed by atoms with E-state index >= 15 is 0 Å². The molecule has 0 unspecified atom stereocenters. The molecule has 0 saturated carbocycles. The van der Waals surface area contributed by atoms with Crippen LogP contribution >= 0.6 is 0 Å². The van der Waals surface area contributed by atoms with Gasteiger partial charge in [0.05, 0.1) is 17.8 Å². The van der Waals surface area contributed by atoms with Crippen molar-refractivity contribution in [1.29, 1.82) is 0 Å². The minimum atomic E-state index is -0.118. The van der Waals surface area contributed by atoms with Gasteiger partial charge in [0.1, 0.15) is 5.82 Å². The minimum absolute atomic E-state index is 0.118. The molecule has 0 spiro atoms. The predicted molar refractivity (Wildman–Crippen MR) is 105 cm³/mol. The third-order valence-corrected chi connectivity index (χ3v) is 4.32. The molecule has 1 amide bonds. The van der Waals surface area contributed by atoms with E-state index in [0.717, 1.165) is 12.4 Å². The molecule has 0 aliphatic rings. The van der Waals surface area contributed by atoms with Crippen molar-refractivity contribution in [2.75, 3.05) is 26.0 Å². The molecule has 3 rings (SSSR count). The lowest BCUT2D eigenvalue weighted by Gasteiger charge is -2.19. The smallest absolute Gasteiger partial charge is 0.257 e. The molecule has 2 aromatic heterocycles. The Balaban J connectivity index is 1.73. The van der Waals surface area contributed by atoms with Crippen LogP contribution in [0.5, 0.6) is 0 Å². The summed E-state index contributed by atoms with van der Waals surface area (Å²) in [5, 5.41) is 0. The fourth-order valence-corrected chi connectivity index (χ4v) is 2.79. The molecule has 7 nitrogen and oxygen atoms in total. The highest BCUT2D eigenvalue weighted by Crippen LogP contribution is 2.13. The van der Waals surface area contributed by atoms with Gasteiger partial charge in [-0.1, -0.05) is 30.3 Å². The number of amides is 1. The van der Waals surface area contributed by atoms with E-state index in [2.05, 4.69) is 31.7 Å². The van der Waals surface area contributed by atoms with Gasteiger partial charge in [0.2, 0.25) is 5.95 Å². The van der Waals surface area contributed by atoms with Crippen LogP contribution in [0.2, 0.25) is 0 Å². The fraction of sp³-hybridized carbons (Fsp3) is 0.300. The quantitative estimate of drug-likeness (QED) is 0.672. The lowest BCUT2D eigenvalue weighted by Crippen LogP contribution is -2.29. The Labute approximate surface area is 159 Å². The van der Waals surface area contributed by atoms with Gasteiger partial charge in [-0.25, -0.2) is 15.0 Å². The van der Waals surface area contributed by atoms with Crippen molar-refractivity contribution in [2.45, 2.75) is 20.0 Å². The number of aryl methyl sites for hydroxylation is 1.